The molecule has 0 radical (unpaired) electrons. The van der Waals surface area contributed by atoms with Gasteiger partial charge in [-0.2, -0.15) is 0 Å². The first-order valence-corrected chi connectivity index (χ1v) is 10.1. The molecule has 2 atom stereocenters. The summed E-state index contributed by atoms with van der Waals surface area (Å²) in [6, 6.07) is 9.97. The third-order valence-corrected chi connectivity index (χ3v) is 5.64. The number of amides is 3. The average Bonchev–Trinajstić information content (AvgIpc) is 2.72. The lowest BCUT2D eigenvalue weighted by molar-refractivity contribution is -0.127. The summed E-state index contributed by atoms with van der Waals surface area (Å²) >= 11 is 0. The Hall–Kier alpha value is -2.04. The van der Waals surface area contributed by atoms with Gasteiger partial charge in [-0.15, -0.1) is 0 Å². The fraction of sp³-hybridized carbons (Fsp3) is 0.619. The summed E-state index contributed by atoms with van der Waals surface area (Å²) < 4.78 is 0. The van der Waals surface area contributed by atoms with Crippen LogP contribution in [0.25, 0.3) is 0 Å². The molecule has 1 saturated carbocycles. The van der Waals surface area contributed by atoms with E-state index >= 15 is 0 Å². The molecule has 142 valence electrons. The van der Waals surface area contributed by atoms with Crippen LogP contribution in [0.15, 0.2) is 30.3 Å². The van der Waals surface area contributed by atoms with Crippen LogP contribution in [0.4, 0.5) is 4.79 Å². The van der Waals surface area contributed by atoms with E-state index in [9.17, 15) is 9.59 Å². The number of nitrogens with one attached hydrogen (secondary N) is 2. The Kier molecular flexibility index (Phi) is 6.92. The van der Waals surface area contributed by atoms with Crippen molar-refractivity contribution < 1.29 is 9.59 Å². The SMILES string of the molecule is O=C1NCCCCCCN(C(=O)NCc2ccccc2)C2CCCCC12. The molecule has 5 heteroatoms. The van der Waals surface area contributed by atoms with E-state index in [0.717, 1.165) is 70.0 Å². The highest BCUT2D eigenvalue weighted by molar-refractivity contribution is 5.81. The molecule has 0 bridgehead atoms. The van der Waals surface area contributed by atoms with Crippen LogP contribution in [0, 0.1) is 5.92 Å². The van der Waals surface area contributed by atoms with E-state index in [0.29, 0.717) is 6.54 Å². The topological polar surface area (TPSA) is 61.4 Å². The predicted octanol–water partition coefficient (Wildman–Crippen LogP) is 3.45. The quantitative estimate of drug-likeness (QED) is 0.852. The van der Waals surface area contributed by atoms with Crippen molar-refractivity contribution in [2.24, 2.45) is 5.92 Å². The minimum absolute atomic E-state index is 0.0256. The third kappa shape index (κ3) is 4.99. The molecule has 5 nitrogen and oxygen atoms in total. The van der Waals surface area contributed by atoms with Crippen molar-refractivity contribution in [3.05, 3.63) is 35.9 Å². The lowest BCUT2D eigenvalue weighted by Crippen LogP contribution is -2.53. The summed E-state index contributed by atoms with van der Waals surface area (Å²) in [5.41, 5.74) is 1.09. The number of carbonyl (C=O) groups excluding carboxylic acids is 2. The van der Waals surface area contributed by atoms with Crippen molar-refractivity contribution in [2.75, 3.05) is 13.1 Å². The molecule has 1 saturated heterocycles. The zero-order valence-corrected chi connectivity index (χ0v) is 15.6. The van der Waals surface area contributed by atoms with E-state index < -0.39 is 0 Å². The van der Waals surface area contributed by atoms with Gasteiger partial charge in [-0.25, -0.2) is 4.79 Å². The Bertz CT molecular complexity index is 590. The molecular formula is C21H31N3O2. The van der Waals surface area contributed by atoms with Crippen molar-refractivity contribution >= 4 is 11.9 Å². The monoisotopic (exact) mass is 357 g/mol. The second kappa shape index (κ2) is 9.60. The third-order valence-electron chi connectivity index (χ3n) is 5.64. The van der Waals surface area contributed by atoms with Crippen LogP contribution in [0.5, 0.6) is 0 Å². The number of benzene rings is 1. The second-order valence-electron chi connectivity index (χ2n) is 7.50. The zero-order valence-electron chi connectivity index (χ0n) is 15.6. The highest BCUT2D eigenvalue weighted by atomic mass is 16.2. The van der Waals surface area contributed by atoms with Crippen LogP contribution in [0.2, 0.25) is 0 Å². The average molecular weight is 357 g/mol. The summed E-state index contributed by atoms with van der Waals surface area (Å²) in [5.74, 6) is 0.0711. The van der Waals surface area contributed by atoms with E-state index in [1.54, 1.807) is 0 Å². The number of carbonyl (C=O) groups is 2. The largest absolute Gasteiger partial charge is 0.356 e. The Balaban J connectivity index is 1.71. The van der Waals surface area contributed by atoms with Gasteiger partial charge in [0.05, 0.1) is 5.92 Å². The summed E-state index contributed by atoms with van der Waals surface area (Å²) in [4.78, 5) is 27.6. The first kappa shape index (κ1) is 18.7. The smallest absolute Gasteiger partial charge is 0.317 e. The van der Waals surface area contributed by atoms with E-state index in [1.807, 2.05) is 35.2 Å². The summed E-state index contributed by atoms with van der Waals surface area (Å²) in [6.07, 6.45) is 8.24. The van der Waals surface area contributed by atoms with Crippen LogP contribution in [0.3, 0.4) is 0 Å². The van der Waals surface area contributed by atoms with Crippen LogP contribution in [0.1, 0.15) is 56.9 Å². The maximum Gasteiger partial charge on any atom is 0.317 e. The predicted molar refractivity (Wildman–Crippen MR) is 103 cm³/mol. The summed E-state index contributed by atoms with van der Waals surface area (Å²) in [6.45, 7) is 2.04. The molecule has 1 aromatic carbocycles. The molecule has 1 aliphatic heterocycles. The van der Waals surface area contributed by atoms with Crippen LogP contribution in [-0.4, -0.2) is 36.0 Å². The first-order chi connectivity index (χ1) is 12.8. The molecule has 3 rings (SSSR count). The van der Waals surface area contributed by atoms with Gasteiger partial charge >= 0.3 is 6.03 Å². The summed E-state index contributed by atoms with van der Waals surface area (Å²) in [7, 11) is 0. The molecule has 26 heavy (non-hydrogen) atoms. The van der Waals surface area contributed by atoms with Gasteiger partial charge < -0.3 is 15.5 Å². The number of hydrogen-bond acceptors (Lipinski definition) is 2. The number of rotatable bonds is 2. The standard InChI is InChI=1S/C21H31N3O2/c25-20-18-12-6-7-13-19(18)24(15-9-2-1-8-14-22-20)21(26)23-16-17-10-4-3-5-11-17/h3-5,10-11,18-19H,1-2,6-9,12-16H2,(H,22,25)(H,23,26). The van der Waals surface area contributed by atoms with E-state index in [4.69, 9.17) is 0 Å². The van der Waals surface area contributed by atoms with E-state index in [2.05, 4.69) is 10.6 Å². The lowest BCUT2D eigenvalue weighted by Gasteiger charge is -2.39. The molecule has 0 aromatic heterocycles. The Morgan fingerprint density at radius 1 is 1.04 bits per heavy atom. The highest BCUT2D eigenvalue weighted by Crippen LogP contribution is 2.29. The van der Waals surface area contributed by atoms with Gasteiger partial charge in [0.15, 0.2) is 0 Å². The van der Waals surface area contributed by atoms with Crippen molar-refractivity contribution in [3.63, 3.8) is 0 Å². The summed E-state index contributed by atoms with van der Waals surface area (Å²) in [5, 5.41) is 6.17. The number of nitrogens with zero attached hydrogens (tertiary/aromatic N) is 1. The maximum atomic E-state index is 13.0. The number of hydrogen-bond donors (Lipinski definition) is 2. The van der Waals surface area contributed by atoms with Gasteiger partial charge in [-0.05, 0) is 31.2 Å². The zero-order chi connectivity index (χ0) is 18.2. The van der Waals surface area contributed by atoms with Crippen LogP contribution < -0.4 is 10.6 Å². The molecule has 0 spiro atoms. The van der Waals surface area contributed by atoms with Crippen molar-refractivity contribution in [1.82, 2.24) is 15.5 Å². The normalized spacial score (nSPS) is 24.8. The molecule has 2 N–H and O–H groups in total. The Morgan fingerprint density at radius 2 is 1.81 bits per heavy atom. The highest BCUT2D eigenvalue weighted by Gasteiger charge is 2.36. The van der Waals surface area contributed by atoms with Crippen LogP contribution in [-0.2, 0) is 11.3 Å². The van der Waals surface area contributed by atoms with Gasteiger partial charge in [0.2, 0.25) is 5.91 Å². The molecule has 2 unspecified atom stereocenters. The molecule has 2 aliphatic rings. The molecule has 3 amide bonds. The number of fused-ring (bicyclic) bond motifs is 1. The molecule has 1 heterocycles. The van der Waals surface area contributed by atoms with Crippen molar-refractivity contribution in [1.29, 1.82) is 0 Å². The molecule has 1 aromatic rings. The fourth-order valence-electron chi connectivity index (χ4n) is 4.19. The van der Waals surface area contributed by atoms with Gasteiger partial charge in [-0.3, -0.25) is 4.79 Å². The van der Waals surface area contributed by atoms with Crippen molar-refractivity contribution in [2.45, 2.75) is 64.0 Å². The van der Waals surface area contributed by atoms with Gasteiger partial charge in [0.1, 0.15) is 0 Å². The molecule has 1 aliphatic carbocycles. The fourth-order valence-corrected chi connectivity index (χ4v) is 4.19. The Labute approximate surface area is 156 Å². The van der Waals surface area contributed by atoms with Gasteiger partial charge in [0.25, 0.3) is 0 Å². The van der Waals surface area contributed by atoms with Gasteiger partial charge in [0, 0.05) is 25.7 Å². The molecule has 2 fully saturated rings. The first-order valence-electron chi connectivity index (χ1n) is 10.1. The molecular weight excluding hydrogens is 326 g/mol. The maximum absolute atomic E-state index is 13.0. The van der Waals surface area contributed by atoms with Gasteiger partial charge in [-0.1, -0.05) is 56.0 Å². The number of urea groups is 1. The van der Waals surface area contributed by atoms with Crippen molar-refractivity contribution in [3.8, 4) is 0 Å². The lowest BCUT2D eigenvalue weighted by atomic mass is 9.82. The van der Waals surface area contributed by atoms with Crippen LogP contribution >= 0.6 is 0 Å². The minimum Gasteiger partial charge on any atom is -0.356 e. The Morgan fingerprint density at radius 3 is 2.65 bits per heavy atom. The minimum atomic E-state index is -0.0654. The second-order valence-corrected chi connectivity index (χ2v) is 7.50. The van der Waals surface area contributed by atoms with E-state index in [1.165, 1.54) is 0 Å². The van der Waals surface area contributed by atoms with E-state index in [-0.39, 0.29) is 23.9 Å².